The van der Waals surface area contributed by atoms with Gasteiger partial charge in [0.1, 0.15) is 0 Å². The topological polar surface area (TPSA) is 29.4 Å². The summed E-state index contributed by atoms with van der Waals surface area (Å²) in [4.78, 5) is 16.8. The Morgan fingerprint density at radius 2 is 2.06 bits per heavy atom. The van der Waals surface area contributed by atoms with E-state index in [9.17, 15) is 4.79 Å². The predicted octanol–water partition coefficient (Wildman–Crippen LogP) is 4.18. The van der Waals surface area contributed by atoms with Crippen molar-refractivity contribution in [3.63, 3.8) is 0 Å². The zero-order chi connectivity index (χ0) is 12.0. The van der Waals surface area contributed by atoms with E-state index in [1.165, 1.54) is 0 Å². The average molecular weight is 353 g/mol. The molecule has 2 aliphatic rings. The third kappa shape index (κ3) is 1.85. The molecule has 4 heteroatoms. The molecule has 0 saturated heterocycles. The van der Waals surface area contributed by atoms with E-state index in [0.717, 1.165) is 20.4 Å². The van der Waals surface area contributed by atoms with Gasteiger partial charge in [0, 0.05) is 14.5 Å². The second-order valence-corrected chi connectivity index (χ2v) is 5.76. The Morgan fingerprint density at radius 3 is 2.88 bits per heavy atom. The van der Waals surface area contributed by atoms with Crippen LogP contribution in [-0.2, 0) is 0 Å². The fourth-order valence-electron chi connectivity index (χ4n) is 2.00. The van der Waals surface area contributed by atoms with Crippen LogP contribution in [-0.4, -0.2) is 11.5 Å². The van der Waals surface area contributed by atoms with Crippen molar-refractivity contribution in [3.8, 4) is 0 Å². The molecule has 0 saturated carbocycles. The SMILES string of the molecule is O=C1c2ccc(Br)cc2N=C2C=C(Br)C=CC12. The van der Waals surface area contributed by atoms with Gasteiger partial charge in [0.25, 0.3) is 0 Å². The molecule has 1 heterocycles. The van der Waals surface area contributed by atoms with Gasteiger partial charge in [-0.3, -0.25) is 9.79 Å². The van der Waals surface area contributed by atoms with Gasteiger partial charge in [-0.25, -0.2) is 0 Å². The smallest absolute Gasteiger partial charge is 0.177 e. The van der Waals surface area contributed by atoms with Gasteiger partial charge in [-0.2, -0.15) is 0 Å². The Kier molecular flexibility index (Phi) is 2.64. The number of ketones is 1. The van der Waals surface area contributed by atoms with Gasteiger partial charge in [0.2, 0.25) is 0 Å². The monoisotopic (exact) mass is 351 g/mol. The molecule has 0 radical (unpaired) electrons. The molecule has 1 unspecified atom stereocenters. The molecule has 0 N–H and O–H groups in total. The van der Waals surface area contributed by atoms with Crippen LogP contribution in [0.15, 0.2) is 50.4 Å². The maximum Gasteiger partial charge on any atom is 0.177 e. The first-order chi connectivity index (χ1) is 8.15. The van der Waals surface area contributed by atoms with Crippen LogP contribution in [0.2, 0.25) is 0 Å². The number of allylic oxidation sites excluding steroid dienone is 4. The Hall–Kier alpha value is -1.00. The van der Waals surface area contributed by atoms with Gasteiger partial charge in [-0.1, -0.05) is 44.0 Å². The Morgan fingerprint density at radius 1 is 1.24 bits per heavy atom. The van der Waals surface area contributed by atoms with Gasteiger partial charge in [-0.05, 0) is 24.3 Å². The molecule has 84 valence electrons. The number of hydrogen-bond acceptors (Lipinski definition) is 2. The lowest BCUT2D eigenvalue weighted by atomic mass is 9.87. The van der Waals surface area contributed by atoms with Crippen molar-refractivity contribution in [2.75, 3.05) is 0 Å². The fraction of sp³-hybridized carbons (Fsp3) is 0.0769. The quantitative estimate of drug-likeness (QED) is 0.688. The van der Waals surface area contributed by atoms with Crippen molar-refractivity contribution in [1.82, 2.24) is 0 Å². The van der Waals surface area contributed by atoms with Crippen molar-refractivity contribution >= 4 is 49.0 Å². The highest BCUT2D eigenvalue weighted by atomic mass is 79.9. The summed E-state index contributed by atoms with van der Waals surface area (Å²) in [5, 5.41) is 0. The van der Waals surface area contributed by atoms with E-state index < -0.39 is 0 Å². The summed E-state index contributed by atoms with van der Waals surface area (Å²) >= 11 is 6.79. The highest BCUT2D eigenvalue weighted by Crippen LogP contribution is 2.34. The number of hydrogen-bond donors (Lipinski definition) is 0. The minimum Gasteiger partial charge on any atom is -0.293 e. The summed E-state index contributed by atoms with van der Waals surface area (Å²) in [5.74, 6) is -0.116. The van der Waals surface area contributed by atoms with E-state index in [4.69, 9.17) is 0 Å². The van der Waals surface area contributed by atoms with Crippen LogP contribution >= 0.6 is 31.9 Å². The van der Waals surface area contributed by atoms with Crippen molar-refractivity contribution in [2.24, 2.45) is 10.9 Å². The molecule has 1 atom stereocenters. The van der Waals surface area contributed by atoms with Gasteiger partial charge < -0.3 is 0 Å². The maximum atomic E-state index is 12.3. The average Bonchev–Trinajstić information content (AvgIpc) is 2.28. The van der Waals surface area contributed by atoms with E-state index in [0.29, 0.717) is 5.56 Å². The molecule has 1 aromatic carbocycles. The molecule has 0 aromatic heterocycles. The fourth-order valence-corrected chi connectivity index (χ4v) is 2.74. The van der Waals surface area contributed by atoms with Gasteiger partial charge in [0.15, 0.2) is 5.78 Å². The number of rotatable bonds is 0. The van der Waals surface area contributed by atoms with Crippen LogP contribution in [0, 0.1) is 5.92 Å². The lowest BCUT2D eigenvalue weighted by molar-refractivity contribution is 0.0971. The van der Waals surface area contributed by atoms with Crippen molar-refractivity contribution in [1.29, 1.82) is 0 Å². The minimum atomic E-state index is -0.232. The van der Waals surface area contributed by atoms with E-state index in [-0.39, 0.29) is 11.7 Å². The van der Waals surface area contributed by atoms with Crippen LogP contribution in [0.1, 0.15) is 10.4 Å². The zero-order valence-corrected chi connectivity index (χ0v) is 11.8. The summed E-state index contributed by atoms with van der Waals surface area (Å²) < 4.78 is 1.87. The molecule has 0 bridgehead atoms. The first-order valence-corrected chi connectivity index (χ1v) is 6.71. The van der Waals surface area contributed by atoms with Crippen LogP contribution in [0.5, 0.6) is 0 Å². The van der Waals surface area contributed by atoms with E-state index in [2.05, 4.69) is 36.9 Å². The molecule has 1 aliphatic heterocycles. The number of nitrogens with zero attached hydrogens (tertiary/aromatic N) is 1. The number of carbonyl (C=O) groups excluding carboxylic acids is 1. The molecule has 2 nitrogen and oxygen atoms in total. The first-order valence-electron chi connectivity index (χ1n) is 5.13. The lowest BCUT2D eigenvalue weighted by Crippen LogP contribution is -2.26. The molecule has 17 heavy (non-hydrogen) atoms. The second kappa shape index (κ2) is 4.03. The van der Waals surface area contributed by atoms with Crippen LogP contribution in [0.4, 0.5) is 5.69 Å². The van der Waals surface area contributed by atoms with E-state index in [1.807, 2.05) is 36.4 Å². The Balaban J connectivity index is 2.21. The molecule has 0 fully saturated rings. The summed E-state index contributed by atoms with van der Waals surface area (Å²) in [6, 6.07) is 5.56. The maximum absolute atomic E-state index is 12.3. The standard InChI is InChI=1S/C13H7Br2NO/c14-7-1-3-9-11(5-7)16-12-6-8(15)2-4-10(12)13(9)17/h1-6,9H. The third-order valence-corrected chi connectivity index (χ3v) is 3.80. The molecule has 3 rings (SSSR count). The number of aliphatic imine (C=N–C) groups is 1. The largest absolute Gasteiger partial charge is 0.293 e. The Bertz CT molecular complexity index is 614. The summed E-state index contributed by atoms with van der Waals surface area (Å²) in [6.45, 7) is 0. The second-order valence-electron chi connectivity index (χ2n) is 3.93. The third-order valence-electron chi connectivity index (χ3n) is 2.81. The van der Waals surface area contributed by atoms with Crippen LogP contribution < -0.4 is 0 Å². The van der Waals surface area contributed by atoms with Gasteiger partial charge in [0.05, 0.1) is 17.3 Å². The zero-order valence-electron chi connectivity index (χ0n) is 8.65. The predicted molar refractivity (Wildman–Crippen MR) is 75.2 cm³/mol. The van der Waals surface area contributed by atoms with Crippen LogP contribution in [0.25, 0.3) is 0 Å². The van der Waals surface area contributed by atoms with Gasteiger partial charge in [-0.15, -0.1) is 0 Å². The van der Waals surface area contributed by atoms with E-state index in [1.54, 1.807) is 0 Å². The highest BCUT2D eigenvalue weighted by molar-refractivity contribution is 9.12. The number of carbonyl (C=O) groups is 1. The summed E-state index contributed by atoms with van der Waals surface area (Å²) in [6.07, 6.45) is 5.67. The summed E-state index contributed by atoms with van der Waals surface area (Å²) in [7, 11) is 0. The number of benzene rings is 1. The lowest BCUT2D eigenvalue weighted by Gasteiger charge is -2.22. The first kappa shape index (κ1) is 11.1. The van der Waals surface area contributed by atoms with Crippen molar-refractivity contribution in [3.05, 3.63) is 50.9 Å². The number of fused-ring (bicyclic) bond motifs is 2. The molecule has 0 spiro atoms. The highest BCUT2D eigenvalue weighted by Gasteiger charge is 2.30. The minimum absolute atomic E-state index is 0.116. The molecular formula is C13H7Br2NO. The summed E-state index contributed by atoms with van der Waals surface area (Å²) in [5.41, 5.74) is 2.23. The van der Waals surface area contributed by atoms with Gasteiger partial charge >= 0.3 is 0 Å². The Labute approximate surface area is 115 Å². The molecular weight excluding hydrogens is 346 g/mol. The molecule has 1 aliphatic carbocycles. The molecule has 0 amide bonds. The van der Waals surface area contributed by atoms with E-state index >= 15 is 0 Å². The van der Waals surface area contributed by atoms with Crippen molar-refractivity contribution in [2.45, 2.75) is 0 Å². The number of Topliss-reactive ketones (excluding diaryl/α,β-unsaturated/α-hetero) is 1. The number of halogens is 2. The normalized spacial score (nSPS) is 21.5. The van der Waals surface area contributed by atoms with Crippen LogP contribution in [0.3, 0.4) is 0 Å². The molecule has 1 aromatic rings. The van der Waals surface area contributed by atoms with Crippen molar-refractivity contribution < 1.29 is 4.79 Å².